The molecule has 0 aliphatic carbocycles. The molecule has 1 rings (SSSR count). The second-order valence-corrected chi connectivity index (χ2v) is 13.1. The first kappa shape index (κ1) is 18.0. The summed E-state index contributed by atoms with van der Waals surface area (Å²) in [7, 11) is -0.433. The largest absolute Gasteiger partial charge is 0.260 e. The molecular weight excluding hydrogens is 282 g/mol. The van der Waals surface area contributed by atoms with Gasteiger partial charge in [0.05, 0.1) is 23.3 Å². The molecule has 0 atom stereocenters. The molecule has 0 saturated heterocycles. The molecule has 0 aliphatic heterocycles. The second kappa shape index (κ2) is 7.81. The van der Waals surface area contributed by atoms with E-state index < -0.39 is 0 Å². The molecule has 0 amide bonds. The van der Waals surface area contributed by atoms with Crippen molar-refractivity contribution in [2.24, 2.45) is 0 Å². The third-order valence-corrected chi connectivity index (χ3v) is 9.30. The van der Waals surface area contributed by atoms with Gasteiger partial charge in [0.1, 0.15) is 0 Å². The zero-order chi connectivity index (χ0) is 15.4. The minimum Gasteiger partial charge on any atom is -0.260 e. The van der Waals surface area contributed by atoms with Gasteiger partial charge in [0, 0.05) is 0 Å². The summed E-state index contributed by atoms with van der Waals surface area (Å²) < 4.78 is 0. The maximum atomic E-state index is 5.05. The molecule has 0 aliphatic rings. The average Bonchev–Trinajstić information content (AvgIpc) is 2.27. The lowest BCUT2D eigenvalue weighted by Gasteiger charge is -2.28. The quantitative estimate of drug-likeness (QED) is 0.731. The fourth-order valence-corrected chi connectivity index (χ4v) is 8.27. The van der Waals surface area contributed by atoms with Gasteiger partial charge < -0.3 is 0 Å². The van der Waals surface area contributed by atoms with Crippen LogP contribution in [0.2, 0.25) is 0 Å². The van der Waals surface area contributed by atoms with Gasteiger partial charge in [-0.2, -0.15) is 0 Å². The maximum Gasteiger partial charge on any atom is 0.0825 e. The summed E-state index contributed by atoms with van der Waals surface area (Å²) in [5, 5.41) is 0. The Hall–Kier alpha value is -0.0600. The highest BCUT2D eigenvalue weighted by Crippen LogP contribution is 2.46. The smallest absolute Gasteiger partial charge is 0.0825 e. The summed E-state index contributed by atoms with van der Waals surface area (Å²) in [4.78, 5) is 9.58. The van der Waals surface area contributed by atoms with E-state index in [0.29, 0.717) is 22.6 Å². The Morgan fingerprint density at radius 3 is 1.20 bits per heavy atom. The van der Waals surface area contributed by atoms with Gasteiger partial charge in [-0.1, -0.05) is 55.4 Å². The van der Waals surface area contributed by atoms with Gasteiger partial charge in [-0.05, 0) is 38.5 Å². The molecule has 1 heterocycles. The van der Waals surface area contributed by atoms with Gasteiger partial charge in [0.2, 0.25) is 0 Å². The molecule has 1 aromatic heterocycles. The van der Waals surface area contributed by atoms with E-state index >= 15 is 0 Å². The second-order valence-electron chi connectivity index (χ2n) is 6.43. The van der Waals surface area contributed by atoms with Crippen molar-refractivity contribution in [3.8, 4) is 0 Å². The molecule has 0 aromatic carbocycles. The highest BCUT2D eigenvalue weighted by Gasteiger charge is 2.24. The van der Waals surface area contributed by atoms with Crippen LogP contribution in [0.1, 0.15) is 55.4 Å². The van der Waals surface area contributed by atoms with Crippen LogP contribution in [-0.4, -0.2) is 32.6 Å². The lowest BCUT2D eigenvalue weighted by atomic mass is 10.5. The maximum absolute atomic E-state index is 5.05. The van der Waals surface area contributed by atoms with Crippen molar-refractivity contribution in [1.82, 2.24) is 9.97 Å². The van der Waals surface area contributed by atoms with Crippen LogP contribution in [0, 0.1) is 0 Å². The number of nitrogens with zero attached hydrogens (tertiary/aromatic N) is 2. The monoisotopic (exact) mass is 312 g/mol. The molecule has 20 heavy (non-hydrogen) atoms. The Bertz CT molecular complexity index is 365. The first-order valence-corrected chi connectivity index (χ1v) is 10.6. The molecule has 1 aromatic rings. The van der Waals surface area contributed by atoms with Crippen LogP contribution in [0.4, 0.5) is 0 Å². The van der Waals surface area contributed by atoms with Gasteiger partial charge >= 0.3 is 0 Å². The topological polar surface area (TPSA) is 25.8 Å². The molecule has 0 saturated carbocycles. The number of hydrogen-bond acceptors (Lipinski definition) is 2. The lowest BCUT2D eigenvalue weighted by molar-refractivity contribution is 1.01. The summed E-state index contributed by atoms with van der Waals surface area (Å²) in [6.07, 6.45) is 4.01. The summed E-state index contributed by atoms with van der Waals surface area (Å²) in [6.45, 7) is 18.5. The fourth-order valence-electron chi connectivity index (χ4n) is 2.85. The standard InChI is InChI=1S/C16H30N2P2/c1-11(2)19(12(3)4)15-9-17-10-16(18-15)20(13(5)6)14(7)8/h9-14H,1-8H3. The third-order valence-electron chi connectivity index (χ3n) is 3.36. The Morgan fingerprint density at radius 1 is 0.650 bits per heavy atom. The first-order chi connectivity index (χ1) is 9.25. The van der Waals surface area contributed by atoms with E-state index in [4.69, 9.17) is 4.98 Å². The zero-order valence-corrected chi connectivity index (χ0v) is 16.0. The Morgan fingerprint density at radius 2 is 0.950 bits per heavy atom. The molecule has 0 unspecified atom stereocenters. The van der Waals surface area contributed by atoms with Crippen molar-refractivity contribution in [1.29, 1.82) is 0 Å². The van der Waals surface area contributed by atoms with Crippen LogP contribution >= 0.6 is 15.8 Å². The lowest BCUT2D eigenvalue weighted by Crippen LogP contribution is -2.27. The van der Waals surface area contributed by atoms with E-state index in [1.807, 2.05) is 12.4 Å². The molecule has 0 fully saturated rings. The minimum absolute atomic E-state index is 0.217. The van der Waals surface area contributed by atoms with Crippen LogP contribution < -0.4 is 10.9 Å². The van der Waals surface area contributed by atoms with Crippen LogP contribution in [0.3, 0.4) is 0 Å². The van der Waals surface area contributed by atoms with E-state index in [1.165, 1.54) is 10.9 Å². The molecule has 4 heteroatoms. The molecule has 0 spiro atoms. The summed E-state index contributed by atoms with van der Waals surface area (Å²) in [5.41, 5.74) is 5.16. The first-order valence-electron chi connectivity index (χ1n) is 7.64. The van der Waals surface area contributed by atoms with Gasteiger partial charge in [0.15, 0.2) is 0 Å². The van der Waals surface area contributed by atoms with Crippen molar-refractivity contribution in [2.75, 3.05) is 0 Å². The van der Waals surface area contributed by atoms with Gasteiger partial charge in [-0.3, -0.25) is 4.98 Å². The third kappa shape index (κ3) is 4.47. The highest BCUT2D eigenvalue weighted by atomic mass is 31.1. The van der Waals surface area contributed by atoms with Crippen LogP contribution in [0.15, 0.2) is 12.4 Å². The summed E-state index contributed by atoms with van der Waals surface area (Å²) >= 11 is 0. The Labute approximate surface area is 127 Å². The van der Waals surface area contributed by atoms with Crippen LogP contribution in [0.5, 0.6) is 0 Å². The van der Waals surface area contributed by atoms with Crippen LogP contribution in [0.25, 0.3) is 0 Å². The van der Waals surface area contributed by atoms with E-state index in [9.17, 15) is 0 Å². The van der Waals surface area contributed by atoms with E-state index in [1.54, 1.807) is 0 Å². The molecule has 2 nitrogen and oxygen atoms in total. The zero-order valence-electron chi connectivity index (χ0n) is 14.3. The molecule has 0 bridgehead atoms. The fraction of sp³-hybridized carbons (Fsp3) is 0.750. The minimum atomic E-state index is -0.217. The number of aromatic nitrogens is 2. The number of hydrogen-bond donors (Lipinski definition) is 0. The van der Waals surface area contributed by atoms with Crippen molar-refractivity contribution in [3.63, 3.8) is 0 Å². The predicted molar refractivity (Wildman–Crippen MR) is 95.7 cm³/mol. The normalized spacial score (nSPS) is 12.7. The highest BCUT2D eigenvalue weighted by molar-refractivity contribution is 7.67. The van der Waals surface area contributed by atoms with Crippen molar-refractivity contribution in [3.05, 3.63) is 12.4 Å². The molecule has 0 N–H and O–H groups in total. The van der Waals surface area contributed by atoms with Crippen molar-refractivity contribution >= 4 is 26.7 Å². The molecular formula is C16H30N2P2. The van der Waals surface area contributed by atoms with E-state index in [2.05, 4.69) is 60.4 Å². The van der Waals surface area contributed by atoms with Crippen LogP contribution in [-0.2, 0) is 0 Å². The average molecular weight is 312 g/mol. The van der Waals surface area contributed by atoms with Gasteiger partial charge in [0.25, 0.3) is 0 Å². The van der Waals surface area contributed by atoms with Gasteiger partial charge in [-0.15, -0.1) is 0 Å². The van der Waals surface area contributed by atoms with Gasteiger partial charge in [-0.25, -0.2) is 4.98 Å². The number of rotatable bonds is 6. The van der Waals surface area contributed by atoms with E-state index in [0.717, 1.165) is 0 Å². The Balaban J connectivity index is 3.17. The Kier molecular flexibility index (Phi) is 7.02. The van der Waals surface area contributed by atoms with E-state index in [-0.39, 0.29) is 15.8 Å². The summed E-state index contributed by atoms with van der Waals surface area (Å²) in [5.74, 6) is 0. The van der Waals surface area contributed by atoms with Crippen molar-refractivity contribution < 1.29 is 0 Å². The predicted octanol–water partition coefficient (Wildman–Crippen LogP) is 4.32. The molecule has 114 valence electrons. The summed E-state index contributed by atoms with van der Waals surface area (Å²) in [6, 6.07) is 0. The molecule has 0 radical (unpaired) electrons. The SMILES string of the molecule is CC(C)P(c1cncc(P(C(C)C)C(C)C)n1)C(C)C. The van der Waals surface area contributed by atoms with Crippen molar-refractivity contribution in [2.45, 2.75) is 78.0 Å².